The van der Waals surface area contributed by atoms with Crippen LogP contribution in [0.5, 0.6) is 0 Å². The zero-order valence-electron chi connectivity index (χ0n) is 22.9. The lowest BCUT2D eigenvalue weighted by Crippen LogP contribution is -2.20. The lowest BCUT2D eigenvalue weighted by Gasteiger charge is -2.29. The molecule has 0 radical (unpaired) electrons. The van der Waals surface area contributed by atoms with Gasteiger partial charge < -0.3 is 4.74 Å². The van der Waals surface area contributed by atoms with Crippen molar-refractivity contribution in [1.29, 1.82) is 0 Å². The number of aryl methyl sites for hydroxylation is 1. The van der Waals surface area contributed by atoms with Gasteiger partial charge in [-0.3, -0.25) is 0 Å². The number of ether oxygens (including phenoxy) is 1. The zero-order chi connectivity index (χ0) is 26.9. The Bertz CT molecular complexity index is 1160. The third-order valence-electron chi connectivity index (χ3n) is 7.92. The van der Waals surface area contributed by atoms with Gasteiger partial charge >= 0.3 is 0 Å². The van der Waals surface area contributed by atoms with Crippen LogP contribution in [0.1, 0.15) is 95.3 Å². The Morgan fingerprint density at radius 3 is 2.05 bits per heavy atom. The smallest absolute Gasteiger partial charge is 0.166 e. The van der Waals surface area contributed by atoms with Crippen molar-refractivity contribution in [2.45, 2.75) is 90.6 Å². The van der Waals surface area contributed by atoms with E-state index < -0.39 is 11.6 Å². The highest BCUT2D eigenvalue weighted by molar-refractivity contribution is 5.71. The molecule has 3 aromatic rings. The summed E-state index contributed by atoms with van der Waals surface area (Å²) in [5.74, 6) is -1.27. The molecule has 0 aliphatic carbocycles. The topological polar surface area (TPSA) is 9.23 Å². The van der Waals surface area contributed by atoms with E-state index in [4.69, 9.17) is 4.74 Å². The second-order valence-electron chi connectivity index (χ2n) is 10.8. The van der Waals surface area contributed by atoms with Crippen molar-refractivity contribution in [2.75, 3.05) is 6.61 Å². The highest BCUT2D eigenvalue weighted by Gasteiger charge is 2.23. The van der Waals surface area contributed by atoms with Crippen LogP contribution in [0.4, 0.5) is 13.2 Å². The second-order valence-corrected chi connectivity index (χ2v) is 10.8. The monoisotopic (exact) mass is 522 g/mol. The summed E-state index contributed by atoms with van der Waals surface area (Å²) in [5.41, 5.74) is 3.29. The number of hydrogen-bond donors (Lipinski definition) is 0. The maximum atomic E-state index is 15.1. The third kappa shape index (κ3) is 7.08. The predicted octanol–water partition coefficient (Wildman–Crippen LogP) is 10.6. The van der Waals surface area contributed by atoms with Crippen LogP contribution in [-0.4, -0.2) is 6.61 Å². The Hall–Kier alpha value is -2.59. The van der Waals surface area contributed by atoms with Gasteiger partial charge in [0.1, 0.15) is 5.82 Å². The molecule has 1 nitrogen and oxygen atoms in total. The summed E-state index contributed by atoms with van der Waals surface area (Å²) < 4.78 is 50.8. The molecule has 0 amide bonds. The molecule has 1 aliphatic heterocycles. The van der Waals surface area contributed by atoms with E-state index >= 15 is 4.39 Å². The lowest BCUT2D eigenvalue weighted by molar-refractivity contribution is -0.0200. The molecule has 1 fully saturated rings. The van der Waals surface area contributed by atoms with Gasteiger partial charge in [0.15, 0.2) is 11.6 Å². The van der Waals surface area contributed by atoms with Crippen LogP contribution >= 0.6 is 0 Å². The predicted molar refractivity (Wildman–Crippen MR) is 151 cm³/mol. The summed E-state index contributed by atoms with van der Waals surface area (Å²) in [5, 5.41) is 0. The summed E-state index contributed by atoms with van der Waals surface area (Å²) in [6, 6.07) is 15.6. The summed E-state index contributed by atoms with van der Waals surface area (Å²) in [6.07, 6.45) is 11.6. The van der Waals surface area contributed by atoms with Gasteiger partial charge in [-0.1, -0.05) is 101 Å². The number of unbranched alkanes of at least 4 members (excludes halogenated alkanes) is 5. The van der Waals surface area contributed by atoms with Crippen LogP contribution in [-0.2, 0) is 11.2 Å². The molecule has 2 atom stereocenters. The van der Waals surface area contributed by atoms with Gasteiger partial charge in [0.2, 0.25) is 0 Å². The zero-order valence-corrected chi connectivity index (χ0v) is 22.9. The minimum atomic E-state index is -0.818. The molecule has 0 bridgehead atoms. The molecule has 1 heterocycles. The summed E-state index contributed by atoms with van der Waals surface area (Å²) >= 11 is 0. The fourth-order valence-electron chi connectivity index (χ4n) is 5.52. The van der Waals surface area contributed by atoms with Gasteiger partial charge in [-0.25, -0.2) is 13.2 Å². The van der Waals surface area contributed by atoms with Crippen LogP contribution in [0.25, 0.3) is 22.3 Å². The van der Waals surface area contributed by atoms with E-state index in [0.29, 0.717) is 34.6 Å². The van der Waals surface area contributed by atoms with Crippen molar-refractivity contribution in [1.82, 2.24) is 0 Å². The lowest BCUT2D eigenvalue weighted by atomic mass is 9.90. The molecular formula is C34H41F3O. The van der Waals surface area contributed by atoms with Crippen LogP contribution in [0.2, 0.25) is 0 Å². The molecule has 1 aliphatic rings. The summed E-state index contributed by atoms with van der Waals surface area (Å²) in [6.45, 7) is 5.09. The molecule has 0 aromatic heterocycles. The Balaban J connectivity index is 1.41. The van der Waals surface area contributed by atoms with E-state index in [0.717, 1.165) is 50.7 Å². The third-order valence-corrected chi connectivity index (χ3v) is 7.92. The second kappa shape index (κ2) is 14.0. The van der Waals surface area contributed by atoms with Gasteiger partial charge in [0.25, 0.3) is 0 Å². The normalized spacial score (nSPS) is 17.6. The molecule has 0 saturated carbocycles. The van der Waals surface area contributed by atoms with E-state index in [1.54, 1.807) is 48.5 Å². The van der Waals surface area contributed by atoms with Crippen molar-refractivity contribution in [3.05, 3.63) is 83.2 Å². The van der Waals surface area contributed by atoms with Crippen molar-refractivity contribution >= 4 is 0 Å². The number of halogens is 3. The summed E-state index contributed by atoms with van der Waals surface area (Å²) in [7, 11) is 0. The molecule has 38 heavy (non-hydrogen) atoms. The Labute approximate surface area is 226 Å². The Morgan fingerprint density at radius 2 is 1.39 bits per heavy atom. The van der Waals surface area contributed by atoms with Crippen LogP contribution in [0.3, 0.4) is 0 Å². The molecule has 4 heteroatoms. The Kier molecular flexibility index (Phi) is 10.5. The molecular weight excluding hydrogens is 481 g/mol. The average molecular weight is 523 g/mol. The molecule has 2 unspecified atom stereocenters. The van der Waals surface area contributed by atoms with Crippen molar-refractivity contribution < 1.29 is 17.9 Å². The highest BCUT2D eigenvalue weighted by Crippen LogP contribution is 2.35. The first-order valence-corrected chi connectivity index (χ1v) is 14.5. The minimum Gasteiger partial charge on any atom is -0.373 e. The number of hydrogen-bond acceptors (Lipinski definition) is 1. The first-order chi connectivity index (χ1) is 18.5. The molecule has 0 spiro atoms. The standard InChI is InChI=1S/C34H41F3O/c1-3-5-7-9-11-27-17-20-30(34(37)33(27)36)26-15-13-25(14-16-26)29-19-18-28(22-31(29)35)32-21-12-24(23-38-32)10-8-6-4-2/h13-20,22,24,32H,3-12,21,23H2,1-2H3. The fraction of sp³-hybridized carbons (Fsp3) is 0.471. The molecule has 4 rings (SSSR count). The van der Waals surface area contributed by atoms with Crippen LogP contribution < -0.4 is 0 Å². The molecule has 0 N–H and O–H groups in total. The van der Waals surface area contributed by atoms with Gasteiger partial charge in [-0.15, -0.1) is 0 Å². The fourth-order valence-corrected chi connectivity index (χ4v) is 5.52. The maximum absolute atomic E-state index is 15.1. The Morgan fingerprint density at radius 1 is 0.711 bits per heavy atom. The molecule has 1 saturated heterocycles. The van der Waals surface area contributed by atoms with Gasteiger partial charge in [0, 0.05) is 11.1 Å². The van der Waals surface area contributed by atoms with Gasteiger partial charge in [-0.2, -0.15) is 0 Å². The quantitative estimate of drug-likeness (QED) is 0.215. The number of rotatable bonds is 12. The average Bonchev–Trinajstić information content (AvgIpc) is 2.94. The van der Waals surface area contributed by atoms with Crippen molar-refractivity contribution in [3.63, 3.8) is 0 Å². The van der Waals surface area contributed by atoms with Crippen LogP contribution in [0, 0.1) is 23.4 Å². The van der Waals surface area contributed by atoms with Crippen molar-refractivity contribution in [2.24, 2.45) is 5.92 Å². The highest BCUT2D eigenvalue weighted by atomic mass is 19.2. The van der Waals surface area contributed by atoms with Gasteiger partial charge in [0.05, 0.1) is 12.7 Å². The van der Waals surface area contributed by atoms with E-state index in [1.165, 1.54) is 25.7 Å². The van der Waals surface area contributed by atoms with E-state index in [2.05, 4.69) is 13.8 Å². The maximum Gasteiger partial charge on any atom is 0.166 e. The molecule has 204 valence electrons. The van der Waals surface area contributed by atoms with Crippen LogP contribution in [0.15, 0.2) is 54.6 Å². The van der Waals surface area contributed by atoms with E-state index in [9.17, 15) is 8.78 Å². The van der Waals surface area contributed by atoms with E-state index in [1.807, 2.05) is 6.07 Å². The minimum absolute atomic E-state index is 0.0594. The first kappa shape index (κ1) is 28.4. The van der Waals surface area contributed by atoms with Crippen molar-refractivity contribution in [3.8, 4) is 22.3 Å². The summed E-state index contributed by atoms with van der Waals surface area (Å²) in [4.78, 5) is 0. The van der Waals surface area contributed by atoms with Gasteiger partial charge in [-0.05, 0) is 66.3 Å². The first-order valence-electron chi connectivity index (χ1n) is 14.5. The largest absolute Gasteiger partial charge is 0.373 e. The SMILES string of the molecule is CCCCCCc1ccc(-c2ccc(-c3ccc(C4CCC(CCCCC)CO4)cc3F)cc2)c(F)c1F. The van der Waals surface area contributed by atoms with E-state index in [-0.39, 0.29) is 17.5 Å². The number of benzene rings is 3. The molecule has 3 aromatic carbocycles.